The molecule has 96 valence electrons. The molecule has 0 aliphatic carbocycles. The van der Waals surface area contributed by atoms with Crippen molar-refractivity contribution in [2.75, 3.05) is 10.7 Å². The second-order valence-corrected chi connectivity index (χ2v) is 4.79. The molecular weight excluding hydrogens is 252 g/mol. The maximum absolute atomic E-state index is 10.9. The molecule has 18 heavy (non-hydrogen) atoms. The van der Waals surface area contributed by atoms with Crippen molar-refractivity contribution in [1.29, 1.82) is 0 Å². The number of anilines is 2. The fourth-order valence-corrected chi connectivity index (χ4v) is 2.38. The van der Waals surface area contributed by atoms with E-state index in [2.05, 4.69) is 20.7 Å². The average Bonchev–Trinajstić information content (AvgIpc) is 2.75. The smallest absolute Gasteiger partial charge is 0.240 e. The van der Waals surface area contributed by atoms with Crippen LogP contribution in [0, 0.1) is 0 Å². The number of thiophene rings is 1. The van der Waals surface area contributed by atoms with Gasteiger partial charge in [0.2, 0.25) is 11.9 Å². The molecule has 0 radical (unpaired) electrons. The van der Waals surface area contributed by atoms with Gasteiger partial charge in [-0.3, -0.25) is 10.2 Å². The Kier molecular flexibility index (Phi) is 3.58. The predicted molar refractivity (Wildman–Crippen MR) is 72.1 cm³/mol. The Morgan fingerprint density at radius 2 is 2.33 bits per heavy atom. The number of rotatable bonds is 5. The number of nitrogens with two attached hydrogens (primary N) is 2. The van der Waals surface area contributed by atoms with Crippen LogP contribution in [-0.4, -0.2) is 21.9 Å². The molecule has 2 aromatic rings. The predicted octanol–water partition coefficient (Wildman–Crippen LogP) is 0.653. The highest BCUT2D eigenvalue weighted by Crippen LogP contribution is 2.26. The van der Waals surface area contributed by atoms with Crippen LogP contribution < -0.4 is 22.3 Å². The first-order chi connectivity index (χ1) is 8.60. The van der Waals surface area contributed by atoms with Crippen molar-refractivity contribution >= 4 is 39.2 Å². The summed E-state index contributed by atoms with van der Waals surface area (Å²) in [4.78, 5) is 20.1. The first-order valence-corrected chi connectivity index (χ1v) is 6.25. The minimum atomic E-state index is -0.359. The lowest BCUT2D eigenvalue weighted by atomic mass is 10.2. The quantitative estimate of drug-likeness (QED) is 0.466. The fraction of sp³-hybridized carbons (Fsp3) is 0.300. The van der Waals surface area contributed by atoms with Gasteiger partial charge in [-0.05, 0) is 18.4 Å². The number of hydrogen-bond donors (Lipinski definition) is 4. The summed E-state index contributed by atoms with van der Waals surface area (Å²) in [5.41, 5.74) is 7.57. The van der Waals surface area contributed by atoms with Crippen molar-refractivity contribution in [3.8, 4) is 0 Å². The maximum Gasteiger partial charge on any atom is 0.240 e. The molecule has 1 unspecified atom stereocenters. The van der Waals surface area contributed by atoms with Crippen molar-refractivity contribution in [3.63, 3.8) is 0 Å². The van der Waals surface area contributed by atoms with Gasteiger partial charge in [0.15, 0.2) is 0 Å². The van der Waals surface area contributed by atoms with Crippen molar-refractivity contribution in [3.05, 3.63) is 11.4 Å². The van der Waals surface area contributed by atoms with E-state index >= 15 is 0 Å². The van der Waals surface area contributed by atoms with E-state index in [1.54, 1.807) is 0 Å². The Labute approximate surface area is 108 Å². The molecular formula is C10H14N6OS. The second kappa shape index (κ2) is 5.15. The Balaban J connectivity index is 2.30. The number of hydrazine groups is 1. The minimum absolute atomic E-state index is 0.105. The zero-order valence-corrected chi connectivity index (χ0v) is 10.6. The number of carbonyl (C=O) groups excluding carboxylic acids is 1. The number of fused-ring (bicyclic) bond motifs is 1. The van der Waals surface area contributed by atoms with Crippen molar-refractivity contribution in [2.24, 2.45) is 11.6 Å². The Bertz CT molecular complexity index is 568. The van der Waals surface area contributed by atoms with Crippen LogP contribution in [0.4, 0.5) is 11.8 Å². The van der Waals surface area contributed by atoms with Crippen molar-refractivity contribution in [1.82, 2.24) is 9.97 Å². The average molecular weight is 266 g/mol. The van der Waals surface area contributed by atoms with Gasteiger partial charge in [0.1, 0.15) is 10.6 Å². The molecule has 2 rings (SSSR count). The van der Waals surface area contributed by atoms with Gasteiger partial charge < -0.3 is 11.1 Å². The highest BCUT2D eigenvalue weighted by atomic mass is 32.1. The summed E-state index contributed by atoms with van der Waals surface area (Å²) in [6.07, 6.45) is 0.237. The normalized spacial score (nSPS) is 12.3. The molecule has 0 saturated carbocycles. The van der Waals surface area contributed by atoms with E-state index in [9.17, 15) is 4.79 Å². The van der Waals surface area contributed by atoms with Crippen LogP contribution in [0.2, 0.25) is 0 Å². The number of nitrogens with zero attached hydrogens (tertiary/aromatic N) is 2. The molecule has 1 atom stereocenters. The molecule has 0 bridgehead atoms. The lowest BCUT2D eigenvalue weighted by molar-refractivity contribution is -0.118. The third-order valence-electron chi connectivity index (χ3n) is 2.34. The van der Waals surface area contributed by atoms with Gasteiger partial charge in [0.25, 0.3) is 0 Å². The highest BCUT2D eigenvalue weighted by molar-refractivity contribution is 7.16. The van der Waals surface area contributed by atoms with Gasteiger partial charge in [0, 0.05) is 12.5 Å². The van der Waals surface area contributed by atoms with E-state index in [0.29, 0.717) is 11.8 Å². The fourth-order valence-electron chi connectivity index (χ4n) is 1.62. The molecule has 0 saturated heterocycles. The van der Waals surface area contributed by atoms with Gasteiger partial charge in [-0.25, -0.2) is 10.8 Å². The van der Waals surface area contributed by atoms with Crippen LogP contribution in [0.25, 0.3) is 10.2 Å². The molecule has 0 spiro atoms. The second-order valence-electron chi connectivity index (χ2n) is 3.90. The number of carbonyl (C=O) groups is 1. The standard InChI is InChI=1S/C10H14N6OS/c1-5(4-7(11)17)13-8-6-2-3-18-9(6)15-10(14-8)16-12/h2-3,5H,4,12H2,1H3,(H2,11,17)(H2,13,14,15,16). The molecule has 0 fully saturated rings. The molecule has 7 nitrogen and oxygen atoms in total. The van der Waals surface area contributed by atoms with Gasteiger partial charge in [-0.15, -0.1) is 11.3 Å². The Hall–Kier alpha value is -1.93. The summed E-state index contributed by atoms with van der Waals surface area (Å²) >= 11 is 1.49. The van der Waals surface area contributed by atoms with Crippen LogP contribution in [-0.2, 0) is 4.79 Å². The van der Waals surface area contributed by atoms with Gasteiger partial charge in [0.05, 0.1) is 5.39 Å². The first-order valence-electron chi connectivity index (χ1n) is 5.37. The Morgan fingerprint density at radius 1 is 1.56 bits per heavy atom. The van der Waals surface area contributed by atoms with E-state index in [1.807, 2.05) is 18.4 Å². The molecule has 0 aromatic carbocycles. The van der Waals surface area contributed by atoms with Crippen molar-refractivity contribution < 1.29 is 4.79 Å². The van der Waals surface area contributed by atoms with E-state index < -0.39 is 0 Å². The van der Waals surface area contributed by atoms with Crippen molar-refractivity contribution in [2.45, 2.75) is 19.4 Å². The number of nitrogens with one attached hydrogen (secondary N) is 2. The number of hydrogen-bond acceptors (Lipinski definition) is 7. The van der Waals surface area contributed by atoms with E-state index in [1.165, 1.54) is 11.3 Å². The topological polar surface area (TPSA) is 119 Å². The summed E-state index contributed by atoms with van der Waals surface area (Å²) in [6, 6.07) is 1.81. The van der Waals surface area contributed by atoms with E-state index in [-0.39, 0.29) is 18.4 Å². The maximum atomic E-state index is 10.9. The van der Waals surface area contributed by atoms with Crippen LogP contribution in [0.5, 0.6) is 0 Å². The molecule has 0 aliphatic rings. The zero-order valence-electron chi connectivity index (χ0n) is 9.80. The highest BCUT2D eigenvalue weighted by Gasteiger charge is 2.12. The molecule has 8 heteroatoms. The van der Waals surface area contributed by atoms with Gasteiger partial charge in [-0.1, -0.05) is 0 Å². The summed E-state index contributed by atoms with van der Waals surface area (Å²) < 4.78 is 0. The number of primary amides is 1. The number of aromatic nitrogens is 2. The largest absolute Gasteiger partial charge is 0.370 e. The number of nitrogen functional groups attached to an aromatic ring is 1. The zero-order chi connectivity index (χ0) is 13.1. The first kappa shape index (κ1) is 12.5. The molecule has 2 heterocycles. The van der Waals surface area contributed by atoms with Gasteiger partial charge in [-0.2, -0.15) is 4.98 Å². The van der Waals surface area contributed by atoms with Crippen LogP contribution >= 0.6 is 11.3 Å². The molecule has 6 N–H and O–H groups in total. The third kappa shape index (κ3) is 2.66. The summed E-state index contributed by atoms with van der Waals surface area (Å²) in [6.45, 7) is 1.86. The summed E-state index contributed by atoms with van der Waals surface area (Å²) in [5, 5.41) is 5.95. The van der Waals surface area contributed by atoms with E-state index in [4.69, 9.17) is 11.6 Å². The van der Waals surface area contributed by atoms with E-state index in [0.717, 1.165) is 10.2 Å². The summed E-state index contributed by atoms with van der Waals surface area (Å²) in [5.74, 6) is 5.93. The number of amides is 1. The third-order valence-corrected chi connectivity index (χ3v) is 3.15. The van der Waals surface area contributed by atoms with Crippen LogP contribution in [0.3, 0.4) is 0 Å². The SMILES string of the molecule is CC(CC(N)=O)Nc1nc(NN)nc2sccc12. The lowest BCUT2D eigenvalue weighted by Crippen LogP contribution is -2.24. The van der Waals surface area contributed by atoms with Gasteiger partial charge >= 0.3 is 0 Å². The molecule has 2 aromatic heterocycles. The molecule has 0 aliphatic heterocycles. The van der Waals surface area contributed by atoms with Crippen LogP contribution in [0.15, 0.2) is 11.4 Å². The minimum Gasteiger partial charge on any atom is -0.370 e. The Morgan fingerprint density at radius 3 is 3.00 bits per heavy atom. The van der Waals surface area contributed by atoms with Crippen LogP contribution in [0.1, 0.15) is 13.3 Å². The molecule has 1 amide bonds. The lowest BCUT2D eigenvalue weighted by Gasteiger charge is -2.14. The summed E-state index contributed by atoms with van der Waals surface area (Å²) in [7, 11) is 0. The monoisotopic (exact) mass is 266 g/mol.